The first-order valence-corrected chi connectivity index (χ1v) is 7.34. The first kappa shape index (κ1) is 15.9. The van der Waals surface area contributed by atoms with Crippen LogP contribution in [0.4, 0.5) is 4.39 Å². The highest BCUT2D eigenvalue weighted by Gasteiger charge is 2.36. The van der Waals surface area contributed by atoms with E-state index >= 15 is 0 Å². The minimum absolute atomic E-state index is 0.0451. The Bertz CT molecular complexity index is 497. The van der Waals surface area contributed by atoms with Gasteiger partial charge in [-0.05, 0) is 19.9 Å². The molecule has 0 saturated carbocycles. The third kappa shape index (κ3) is 3.41. The van der Waals surface area contributed by atoms with Gasteiger partial charge in [0.1, 0.15) is 5.82 Å². The molecule has 1 aliphatic heterocycles. The lowest BCUT2D eigenvalue weighted by molar-refractivity contribution is -0.138. The smallest absolute Gasteiger partial charge is 0.232 e. The molecule has 116 valence electrons. The van der Waals surface area contributed by atoms with E-state index in [1.807, 2.05) is 0 Å². The SMILES string of the molecule is CC(C)(C(=O)N1CCN(CCO)CC1)c1ccccc1F. The molecule has 0 radical (unpaired) electrons. The van der Waals surface area contributed by atoms with Crippen LogP contribution in [0.1, 0.15) is 19.4 Å². The van der Waals surface area contributed by atoms with Crippen LogP contribution in [-0.4, -0.2) is 60.1 Å². The summed E-state index contributed by atoms with van der Waals surface area (Å²) in [5.41, 5.74) is -0.433. The molecule has 4 nitrogen and oxygen atoms in total. The molecule has 0 spiro atoms. The standard InChI is InChI=1S/C16H23FN2O2/c1-16(2,13-5-3-4-6-14(13)17)15(21)19-9-7-18(8-10-19)11-12-20/h3-6,20H,7-12H2,1-2H3. The fourth-order valence-electron chi connectivity index (χ4n) is 2.79. The predicted octanol–water partition coefficient (Wildman–Crippen LogP) is 1.24. The number of aliphatic hydroxyl groups excluding tert-OH is 1. The van der Waals surface area contributed by atoms with Crippen LogP contribution < -0.4 is 0 Å². The van der Waals surface area contributed by atoms with Crippen LogP contribution in [0, 0.1) is 5.82 Å². The van der Waals surface area contributed by atoms with Gasteiger partial charge < -0.3 is 10.0 Å². The zero-order chi connectivity index (χ0) is 15.5. The number of halogens is 1. The van der Waals surface area contributed by atoms with Crippen molar-refractivity contribution in [2.75, 3.05) is 39.3 Å². The molecule has 1 saturated heterocycles. The highest BCUT2D eigenvalue weighted by molar-refractivity contribution is 5.87. The zero-order valence-corrected chi connectivity index (χ0v) is 12.7. The Balaban J connectivity index is 2.08. The summed E-state index contributed by atoms with van der Waals surface area (Å²) in [5.74, 6) is -0.383. The summed E-state index contributed by atoms with van der Waals surface area (Å²) in [6.07, 6.45) is 0. The van der Waals surface area contributed by atoms with Crippen molar-refractivity contribution >= 4 is 5.91 Å². The first-order valence-electron chi connectivity index (χ1n) is 7.34. The lowest BCUT2D eigenvalue weighted by Gasteiger charge is -2.38. The highest BCUT2D eigenvalue weighted by atomic mass is 19.1. The Hall–Kier alpha value is -1.46. The Labute approximate surface area is 125 Å². The number of benzene rings is 1. The number of hydrogen-bond donors (Lipinski definition) is 1. The number of carbonyl (C=O) groups excluding carboxylic acids is 1. The molecule has 1 N–H and O–H groups in total. The van der Waals surface area contributed by atoms with E-state index in [9.17, 15) is 9.18 Å². The number of aliphatic hydroxyl groups is 1. The largest absolute Gasteiger partial charge is 0.395 e. The van der Waals surface area contributed by atoms with Gasteiger partial charge >= 0.3 is 0 Å². The van der Waals surface area contributed by atoms with E-state index in [1.54, 1.807) is 36.9 Å². The van der Waals surface area contributed by atoms with E-state index in [0.717, 1.165) is 13.1 Å². The second-order valence-electron chi connectivity index (χ2n) is 5.96. The lowest BCUT2D eigenvalue weighted by Crippen LogP contribution is -2.53. The van der Waals surface area contributed by atoms with E-state index in [1.165, 1.54) is 6.07 Å². The van der Waals surface area contributed by atoms with Gasteiger partial charge in [0.05, 0.1) is 12.0 Å². The van der Waals surface area contributed by atoms with Crippen molar-refractivity contribution < 1.29 is 14.3 Å². The second kappa shape index (κ2) is 6.54. The molecule has 1 heterocycles. The molecule has 21 heavy (non-hydrogen) atoms. The summed E-state index contributed by atoms with van der Waals surface area (Å²) in [4.78, 5) is 16.6. The average Bonchev–Trinajstić information content (AvgIpc) is 2.48. The molecule has 1 amide bonds. The fraction of sp³-hybridized carbons (Fsp3) is 0.562. The molecule has 5 heteroatoms. The number of nitrogens with zero attached hydrogens (tertiary/aromatic N) is 2. The van der Waals surface area contributed by atoms with Gasteiger partial charge in [-0.2, -0.15) is 0 Å². The third-order valence-electron chi connectivity index (χ3n) is 4.16. The topological polar surface area (TPSA) is 43.8 Å². The van der Waals surface area contributed by atoms with Gasteiger partial charge in [0.15, 0.2) is 0 Å². The summed E-state index contributed by atoms with van der Waals surface area (Å²) >= 11 is 0. The number of β-amino-alcohol motifs (C(OH)–C–C–N with tert-alkyl or cyclic N) is 1. The van der Waals surface area contributed by atoms with Gasteiger partial charge in [-0.1, -0.05) is 18.2 Å². The number of carbonyl (C=O) groups is 1. The van der Waals surface area contributed by atoms with Crippen molar-refractivity contribution in [1.82, 2.24) is 9.80 Å². The van der Waals surface area contributed by atoms with Crippen molar-refractivity contribution in [2.45, 2.75) is 19.3 Å². The van der Waals surface area contributed by atoms with E-state index < -0.39 is 5.41 Å². The fourth-order valence-corrected chi connectivity index (χ4v) is 2.79. The van der Waals surface area contributed by atoms with Gasteiger partial charge in [0, 0.05) is 38.3 Å². The number of hydrogen-bond acceptors (Lipinski definition) is 3. The van der Waals surface area contributed by atoms with Crippen molar-refractivity contribution in [3.05, 3.63) is 35.6 Å². The minimum Gasteiger partial charge on any atom is -0.395 e. The van der Waals surface area contributed by atoms with Crippen LogP contribution in [-0.2, 0) is 10.2 Å². The summed E-state index contributed by atoms with van der Waals surface area (Å²) < 4.78 is 14.0. The summed E-state index contributed by atoms with van der Waals surface area (Å²) in [5, 5.41) is 8.94. The van der Waals surface area contributed by atoms with Crippen molar-refractivity contribution in [3.63, 3.8) is 0 Å². The second-order valence-corrected chi connectivity index (χ2v) is 5.96. The Morgan fingerprint density at radius 1 is 1.24 bits per heavy atom. The van der Waals surface area contributed by atoms with Crippen LogP contribution >= 0.6 is 0 Å². The lowest BCUT2D eigenvalue weighted by atomic mass is 9.82. The zero-order valence-electron chi connectivity index (χ0n) is 12.7. The molecule has 0 unspecified atom stereocenters. The molecule has 0 aromatic heterocycles. The van der Waals surface area contributed by atoms with E-state index in [2.05, 4.69) is 4.90 Å². The van der Waals surface area contributed by atoms with Crippen LogP contribution in [0.15, 0.2) is 24.3 Å². The average molecular weight is 294 g/mol. The molecule has 1 aliphatic rings. The number of rotatable bonds is 4. The normalized spacial score (nSPS) is 17.0. The predicted molar refractivity (Wildman–Crippen MR) is 79.5 cm³/mol. The summed E-state index contributed by atoms with van der Waals surface area (Å²) in [6, 6.07) is 6.46. The van der Waals surface area contributed by atoms with Gasteiger partial charge in [0.25, 0.3) is 0 Å². The van der Waals surface area contributed by atoms with E-state index in [-0.39, 0.29) is 18.3 Å². The Kier molecular flexibility index (Phi) is 4.96. The summed E-state index contributed by atoms with van der Waals surface area (Å²) in [7, 11) is 0. The molecule has 1 aromatic carbocycles. The maximum atomic E-state index is 14.0. The van der Waals surface area contributed by atoms with Crippen LogP contribution in [0.2, 0.25) is 0 Å². The van der Waals surface area contributed by atoms with Crippen LogP contribution in [0.25, 0.3) is 0 Å². The molecule has 1 aromatic rings. The van der Waals surface area contributed by atoms with Crippen molar-refractivity contribution in [3.8, 4) is 0 Å². The molecule has 0 bridgehead atoms. The van der Waals surface area contributed by atoms with Crippen LogP contribution in [0.3, 0.4) is 0 Å². The number of piperazine rings is 1. The molecule has 0 aliphatic carbocycles. The van der Waals surface area contributed by atoms with Gasteiger partial charge in [-0.3, -0.25) is 9.69 Å². The van der Waals surface area contributed by atoms with Gasteiger partial charge in [0.2, 0.25) is 5.91 Å². The molecular formula is C16H23FN2O2. The Morgan fingerprint density at radius 3 is 2.43 bits per heavy atom. The molecule has 1 fully saturated rings. The van der Waals surface area contributed by atoms with E-state index in [0.29, 0.717) is 25.2 Å². The van der Waals surface area contributed by atoms with E-state index in [4.69, 9.17) is 5.11 Å². The summed E-state index contributed by atoms with van der Waals surface area (Å²) in [6.45, 7) is 7.06. The third-order valence-corrected chi connectivity index (χ3v) is 4.16. The quantitative estimate of drug-likeness (QED) is 0.908. The molecule has 2 rings (SSSR count). The molecular weight excluding hydrogens is 271 g/mol. The maximum absolute atomic E-state index is 14.0. The van der Waals surface area contributed by atoms with Gasteiger partial charge in [-0.25, -0.2) is 4.39 Å². The maximum Gasteiger partial charge on any atom is 0.232 e. The van der Waals surface area contributed by atoms with Crippen molar-refractivity contribution in [1.29, 1.82) is 0 Å². The molecule has 0 atom stereocenters. The van der Waals surface area contributed by atoms with Gasteiger partial charge in [-0.15, -0.1) is 0 Å². The first-order chi connectivity index (χ1) is 9.96. The Morgan fingerprint density at radius 2 is 1.86 bits per heavy atom. The highest BCUT2D eigenvalue weighted by Crippen LogP contribution is 2.28. The van der Waals surface area contributed by atoms with Crippen molar-refractivity contribution in [2.24, 2.45) is 0 Å². The minimum atomic E-state index is -0.871. The number of amides is 1. The monoisotopic (exact) mass is 294 g/mol. The van der Waals surface area contributed by atoms with Crippen LogP contribution in [0.5, 0.6) is 0 Å².